The van der Waals surface area contributed by atoms with Crippen LogP contribution >= 0.6 is 11.6 Å². The summed E-state index contributed by atoms with van der Waals surface area (Å²) >= 11 is 6.13. The molecular formula is C34H36ClNO3. The molecule has 1 aromatic heterocycles. The van der Waals surface area contributed by atoms with Crippen LogP contribution in [0, 0.1) is 0 Å². The minimum Gasteiger partial charge on any atom is -0.388 e. The molecule has 1 fully saturated rings. The Morgan fingerprint density at radius 3 is 2.72 bits per heavy atom. The SMILES string of the molecule is CC(C)(OC1CCCCO1)c1ccccc1CCC(O)c1cccc(C=Cc2ccc3ccc(Cl)cc3n2)c1. The van der Waals surface area contributed by atoms with Crippen molar-refractivity contribution in [1.82, 2.24) is 4.98 Å². The second-order valence-corrected chi connectivity index (χ2v) is 11.1. The number of hydrogen-bond acceptors (Lipinski definition) is 4. The molecule has 0 aliphatic carbocycles. The quantitative estimate of drug-likeness (QED) is 0.231. The monoisotopic (exact) mass is 541 g/mol. The summed E-state index contributed by atoms with van der Waals surface area (Å²) in [4.78, 5) is 4.70. The normalized spacial score (nSPS) is 17.1. The van der Waals surface area contributed by atoms with E-state index in [1.807, 2.05) is 66.7 Å². The van der Waals surface area contributed by atoms with Gasteiger partial charge in [0.25, 0.3) is 0 Å². The number of aromatic nitrogens is 1. The van der Waals surface area contributed by atoms with E-state index in [9.17, 15) is 5.11 Å². The maximum Gasteiger partial charge on any atom is 0.158 e. The van der Waals surface area contributed by atoms with Gasteiger partial charge in [-0.1, -0.05) is 72.3 Å². The first-order valence-electron chi connectivity index (χ1n) is 13.8. The lowest BCUT2D eigenvalue weighted by Gasteiger charge is -2.34. The van der Waals surface area contributed by atoms with Crippen molar-refractivity contribution < 1.29 is 14.6 Å². The molecule has 0 saturated carbocycles. The van der Waals surface area contributed by atoms with Crippen LogP contribution < -0.4 is 0 Å². The van der Waals surface area contributed by atoms with Gasteiger partial charge in [0.15, 0.2) is 6.29 Å². The maximum absolute atomic E-state index is 11.1. The molecule has 5 rings (SSSR count). The molecule has 1 aliphatic heterocycles. The number of aryl methyl sites for hydroxylation is 1. The summed E-state index contributed by atoms with van der Waals surface area (Å²) in [5, 5.41) is 12.8. The van der Waals surface area contributed by atoms with Crippen LogP contribution in [0.3, 0.4) is 0 Å². The van der Waals surface area contributed by atoms with Gasteiger partial charge in [0.05, 0.1) is 22.9 Å². The standard InChI is InChI=1S/C34H36ClNO3/c1-34(2,39-33-12-5-6-21-38-33)30-11-4-3-9-25(30)16-20-32(37)27-10-7-8-24(22-27)13-18-29-19-15-26-14-17-28(35)23-31(26)36-29/h3-4,7-11,13-15,17-19,22-23,32-33,37H,5-6,12,16,20-21H2,1-2H3. The number of ether oxygens (including phenoxy) is 2. The highest BCUT2D eigenvalue weighted by molar-refractivity contribution is 6.31. The Bertz CT molecular complexity index is 1440. The van der Waals surface area contributed by atoms with Crippen molar-refractivity contribution in [1.29, 1.82) is 0 Å². The first-order valence-corrected chi connectivity index (χ1v) is 14.2. The largest absolute Gasteiger partial charge is 0.388 e. The molecule has 39 heavy (non-hydrogen) atoms. The van der Waals surface area contributed by atoms with Crippen LogP contribution in [0.2, 0.25) is 5.02 Å². The third kappa shape index (κ3) is 7.14. The highest BCUT2D eigenvalue weighted by Crippen LogP contribution is 2.33. The zero-order valence-corrected chi connectivity index (χ0v) is 23.4. The van der Waals surface area contributed by atoms with E-state index in [0.29, 0.717) is 11.4 Å². The first-order chi connectivity index (χ1) is 18.9. The molecule has 202 valence electrons. The van der Waals surface area contributed by atoms with E-state index < -0.39 is 11.7 Å². The number of aliphatic hydroxyl groups is 1. The minimum atomic E-state index is -0.571. The molecule has 1 N–H and O–H groups in total. The zero-order chi connectivity index (χ0) is 27.2. The van der Waals surface area contributed by atoms with E-state index in [0.717, 1.165) is 65.6 Å². The van der Waals surface area contributed by atoms with Crippen LogP contribution in [-0.4, -0.2) is 23.0 Å². The van der Waals surface area contributed by atoms with Gasteiger partial charge >= 0.3 is 0 Å². The number of hydrogen-bond donors (Lipinski definition) is 1. The van der Waals surface area contributed by atoms with Gasteiger partial charge in [-0.3, -0.25) is 0 Å². The van der Waals surface area contributed by atoms with Crippen molar-refractivity contribution in [3.63, 3.8) is 0 Å². The molecule has 0 radical (unpaired) electrons. The summed E-state index contributed by atoms with van der Waals surface area (Å²) in [6, 6.07) is 26.2. The second-order valence-electron chi connectivity index (χ2n) is 10.7. The number of rotatable bonds is 9. The van der Waals surface area contributed by atoms with Crippen molar-refractivity contribution in [2.45, 2.75) is 63.9 Å². The van der Waals surface area contributed by atoms with Crippen molar-refractivity contribution in [3.05, 3.63) is 112 Å². The lowest BCUT2D eigenvalue weighted by atomic mass is 9.89. The van der Waals surface area contributed by atoms with Crippen LogP contribution in [0.15, 0.2) is 78.9 Å². The summed E-state index contributed by atoms with van der Waals surface area (Å²) in [5.41, 5.74) is 5.50. The summed E-state index contributed by atoms with van der Waals surface area (Å²) in [7, 11) is 0. The van der Waals surface area contributed by atoms with Crippen molar-refractivity contribution in [3.8, 4) is 0 Å². The van der Waals surface area contributed by atoms with Gasteiger partial charge in [-0.05, 0) is 98.5 Å². The van der Waals surface area contributed by atoms with Crippen molar-refractivity contribution in [2.75, 3.05) is 6.61 Å². The fourth-order valence-electron chi connectivity index (χ4n) is 5.23. The molecular weight excluding hydrogens is 506 g/mol. The number of fused-ring (bicyclic) bond motifs is 1. The van der Waals surface area contributed by atoms with Gasteiger partial charge in [-0.2, -0.15) is 0 Å². The molecule has 1 aliphatic rings. The molecule has 0 bridgehead atoms. The Kier molecular flexibility index (Phi) is 8.79. The second kappa shape index (κ2) is 12.4. The molecule has 1 saturated heterocycles. The summed E-state index contributed by atoms with van der Waals surface area (Å²) in [6.45, 7) is 4.97. The third-order valence-electron chi connectivity index (χ3n) is 7.33. The first kappa shape index (κ1) is 27.5. The van der Waals surface area contributed by atoms with Crippen molar-refractivity contribution in [2.24, 2.45) is 0 Å². The van der Waals surface area contributed by atoms with Gasteiger partial charge in [-0.25, -0.2) is 4.98 Å². The van der Waals surface area contributed by atoms with Gasteiger partial charge in [-0.15, -0.1) is 0 Å². The Morgan fingerprint density at radius 2 is 1.87 bits per heavy atom. The van der Waals surface area contributed by atoms with E-state index in [1.165, 1.54) is 5.56 Å². The number of aliphatic hydroxyl groups excluding tert-OH is 1. The topological polar surface area (TPSA) is 51.6 Å². The Morgan fingerprint density at radius 1 is 1.03 bits per heavy atom. The Hall–Kier alpha value is -3.02. The Labute approximate surface area is 236 Å². The average Bonchev–Trinajstić information content (AvgIpc) is 2.95. The molecule has 3 aromatic carbocycles. The molecule has 5 heteroatoms. The molecule has 2 unspecified atom stereocenters. The smallest absolute Gasteiger partial charge is 0.158 e. The molecule has 0 spiro atoms. The number of nitrogens with zero attached hydrogens (tertiary/aromatic N) is 1. The van der Waals surface area contributed by atoms with E-state index in [-0.39, 0.29) is 6.29 Å². The molecule has 4 nitrogen and oxygen atoms in total. The lowest BCUT2D eigenvalue weighted by Crippen LogP contribution is -2.33. The van der Waals surface area contributed by atoms with Gasteiger partial charge < -0.3 is 14.6 Å². The number of pyridine rings is 1. The van der Waals surface area contributed by atoms with Crippen LogP contribution in [-0.2, 0) is 21.5 Å². The molecule has 4 aromatic rings. The number of halogens is 1. The third-order valence-corrected chi connectivity index (χ3v) is 7.57. The summed E-state index contributed by atoms with van der Waals surface area (Å²) < 4.78 is 12.2. The summed E-state index contributed by atoms with van der Waals surface area (Å²) in [6.07, 6.45) is 7.81. The predicted molar refractivity (Wildman–Crippen MR) is 160 cm³/mol. The molecule has 2 atom stereocenters. The minimum absolute atomic E-state index is 0.161. The van der Waals surface area contributed by atoms with Gasteiger partial charge in [0, 0.05) is 17.0 Å². The average molecular weight is 542 g/mol. The van der Waals surface area contributed by atoms with E-state index >= 15 is 0 Å². The van der Waals surface area contributed by atoms with Crippen molar-refractivity contribution >= 4 is 34.7 Å². The zero-order valence-electron chi connectivity index (χ0n) is 22.6. The summed E-state index contributed by atoms with van der Waals surface area (Å²) in [5.74, 6) is 0. The van der Waals surface area contributed by atoms with Gasteiger partial charge in [0.1, 0.15) is 0 Å². The predicted octanol–water partition coefficient (Wildman–Crippen LogP) is 8.50. The van der Waals surface area contributed by atoms with Crippen LogP contribution in [0.1, 0.15) is 73.6 Å². The highest BCUT2D eigenvalue weighted by Gasteiger charge is 2.29. The number of benzene rings is 3. The Balaban J connectivity index is 1.25. The molecule has 2 heterocycles. The van der Waals surface area contributed by atoms with E-state index in [1.54, 1.807) is 0 Å². The van der Waals surface area contributed by atoms with Gasteiger partial charge in [0.2, 0.25) is 0 Å². The lowest BCUT2D eigenvalue weighted by molar-refractivity contribution is -0.219. The van der Waals surface area contributed by atoms with Crippen LogP contribution in [0.5, 0.6) is 0 Å². The van der Waals surface area contributed by atoms with Crippen LogP contribution in [0.25, 0.3) is 23.1 Å². The highest BCUT2D eigenvalue weighted by atomic mass is 35.5. The maximum atomic E-state index is 11.1. The van der Waals surface area contributed by atoms with E-state index in [2.05, 4.69) is 38.1 Å². The fourth-order valence-corrected chi connectivity index (χ4v) is 5.40. The molecule has 0 amide bonds. The van der Waals surface area contributed by atoms with Crippen LogP contribution in [0.4, 0.5) is 0 Å². The fraction of sp³-hybridized carbons (Fsp3) is 0.324. The van der Waals surface area contributed by atoms with E-state index in [4.69, 9.17) is 26.1 Å².